The van der Waals surface area contributed by atoms with Gasteiger partial charge in [0.15, 0.2) is 5.13 Å². The molecule has 3 nitrogen and oxygen atoms in total. The Labute approximate surface area is 93.2 Å². The number of furan rings is 1. The van der Waals surface area contributed by atoms with Gasteiger partial charge in [-0.25, -0.2) is 4.98 Å². The standard InChI is InChI=1S/C11H14N2OS/c1-11(2,3)13-10-12-9(7-15-10)8-4-5-14-6-8/h4-7H,1-3H3,(H,12,13). The van der Waals surface area contributed by atoms with Crippen LogP contribution in [0, 0.1) is 0 Å². The van der Waals surface area contributed by atoms with E-state index in [1.54, 1.807) is 23.9 Å². The Hall–Kier alpha value is -1.29. The summed E-state index contributed by atoms with van der Waals surface area (Å²) in [6, 6.07) is 1.91. The molecule has 0 spiro atoms. The largest absolute Gasteiger partial charge is 0.472 e. The molecule has 2 heterocycles. The first kappa shape index (κ1) is 10.2. The molecule has 0 aliphatic heterocycles. The topological polar surface area (TPSA) is 38.1 Å². The fourth-order valence-electron chi connectivity index (χ4n) is 1.19. The summed E-state index contributed by atoms with van der Waals surface area (Å²) in [4.78, 5) is 4.49. The molecule has 2 aromatic heterocycles. The Kier molecular flexibility index (Phi) is 2.52. The lowest BCUT2D eigenvalue weighted by atomic mass is 10.1. The van der Waals surface area contributed by atoms with Crippen molar-refractivity contribution in [1.82, 2.24) is 4.98 Å². The molecule has 1 N–H and O–H groups in total. The number of rotatable bonds is 2. The molecule has 0 radical (unpaired) electrons. The summed E-state index contributed by atoms with van der Waals surface area (Å²) in [6.07, 6.45) is 3.36. The van der Waals surface area contributed by atoms with Crippen LogP contribution in [0.15, 0.2) is 28.4 Å². The minimum atomic E-state index is 0.0471. The van der Waals surface area contributed by atoms with Gasteiger partial charge in [-0.2, -0.15) is 0 Å². The number of anilines is 1. The zero-order valence-electron chi connectivity index (χ0n) is 9.07. The van der Waals surface area contributed by atoms with Gasteiger partial charge in [-0.1, -0.05) is 0 Å². The molecule has 0 saturated heterocycles. The van der Waals surface area contributed by atoms with Crippen molar-refractivity contribution in [2.24, 2.45) is 0 Å². The highest BCUT2D eigenvalue weighted by atomic mass is 32.1. The van der Waals surface area contributed by atoms with E-state index in [9.17, 15) is 0 Å². The van der Waals surface area contributed by atoms with E-state index in [-0.39, 0.29) is 5.54 Å². The molecule has 0 saturated carbocycles. The number of thiazole rings is 1. The van der Waals surface area contributed by atoms with Crippen LogP contribution in [0.4, 0.5) is 5.13 Å². The Balaban J connectivity index is 2.18. The van der Waals surface area contributed by atoms with Crippen molar-refractivity contribution in [2.45, 2.75) is 26.3 Å². The number of nitrogens with zero attached hydrogens (tertiary/aromatic N) is 1. The average molecular weight is 222 g/mol. The monoisotopic (exact) mass is 222 g/mol. The maximum absolute atomic E-state index is 5.02. The maximum Gasteiger partial charge on any atom is 0.183 e. The van der Waals surface area contributed by atoms with Gasteiger partial charge < -0.3 is 9.73 Å². The third-order valence-corrected chi connectivity index (χ3v) is 2.56. The zero-order valence-corrected chi connectivity index (χ0v) is 9.89. The summed E-state index contributed by atoms with van der Waals surface area (Å²) in [5.41, 5.74) is 2.03. The van der Waals surface area contributed by atoms with Gasteiger partial charge in [0.1, 0.15) is 0 Å². The maximum atomic E-state index is 5.02. The Morgan fingerprint density at radius 3 is 2.80 bits per heavy atom. The predicted molar refractivity (Wildman–Crippen MR) is 63.2 cm³/mol. The second kappa shape index (κ2) is 3.70. The van der Waals surface area contributed by atoms with Crippen LogP contribution in [0.2, 0.25) is 0 Å². The SMILES string of the molecule is CC(C)(C)Nc1nc(-c2ccoc2)cs1. The highest BCUT2D eigenvalue weighted by molar-refractivity contribution is 7.14. The molecule has 0 unspecified atom stereocenters. The number of nitrogens with one attached hydrogen (secondary N) is 1. The molecule has 0 amide bonds. The summed E-state index contributed by atoms with van der Waals surface area (Å²) >= 11 is 1.61. The van der Waals surface area contributed by atoms with E-state index in [0.29, 0.717) is 0 Å². The molecule has 0 fully saturated rings. The van der Waals surface area contributed by atoms with Gasteiger partial charge in [0.05, 0.1) is 18.2 Å². The third-order valence-electron chi connectivity index (χ3n) is 1.80. The summed E-state index contributed by atoms with van der Waals surface area (Å²) in [6.45, 7) is 6.35. The predicted octanol–water partition coefficient (Wildman–Crippen LogP) is 3.61. The molecule has 0 bridgehead atoms. The van der Waals surface area contributed by atoms with Gasteiger partial charge in [-0.15, -0.1) is 11.3 Å². The van der Waals surface area contributed by atoms with E-state index < -0.39 is 0 Å². The smallest absolute Gasteiger partial charge is 0.183 e. The molecule has 0 aliphatic rings. The van der Waals surface area contributed by atoms with Crippen molar-refractivity contribution in [1.29, 1.82) is 0 Å². The second-order valence-electron chi connectivity index (χ2n) is 4.42. The van der Waals surface area contributed by atoms with E-state index in [1.165, 1.54) is 0 Å². The van der Waals surface area contributed by atoms with Gasteiger partial charge >= 0.3 is 0 Å². The van der Waals surface area contributed by atoms with Gasteiger partial charge in [-0.3, -0.25) is 0 Å². The van der Waals surface area contributed by atoms with Crippen molar-refractivity contribution in [3.63, 3.8) is 0 Å². The lowest BCUT2D eigenvalue weighted by Gasteiger charge is -2.19. The van der Waals surface area contributed by atoms with E-state index in [2.05, 4.69) is 31.1 Å². The van der Waals surface area contributed by atoms with Crippen LogP contribution in [0.1, 0.15) is 20.8 Å². The molecular weight excluding hydrogens is 208 g/mol. The molecule has 80 valence electrons. The highest BCUT2D eigenvalue weighted by Gasteiger charge is 2.12. The van der Waals surface area contributed by atoms with Crippen LogP contribution in [0.25, 0.3) is 11.3 Å². The highest BCUT2D eigenvalue weighted by Crippen LogP contribution is 2.26. The molecule has 4 heteroatoms. The summed E-state index contributed by atoms with van der Waals surface area (Å²) in [5, 5.41) is 6.31. The van der Waals surface area contributed by atoms with Crippen molar-refractivity contribution >= 4 is 16.5 Å². The van der Waals surface area contributed by atoms with Gasteiger partial charge in [0, 0.05) is 16.5 Å². The van der Waals surface area contributed by atoms with Crippen LogP contribution in [0.5, 0.6) is 0 Å². The van der Waals surface area contributed by atoms with Crippen molar-refractivity contribution in [2.75, 3.05) is 5.32 Å². The Morgan fingerprint density at radius 1 is 1.40 bits per heavy atom. The van der Waals surface area contributed by atoms with Crippen molar-refractivity contribution in [3.05, 3.63) is 24.0 Å². The lowest BCUT2D eigenvalue weighted by Crippen LogP contribution is -2.25. The summed E-state index contributed by atoms with van der Waals surface area (Å²) in [7, 11) is 0. The first-order chi connectivity index (χ1) is 7.04. The van der Waals surface area contributed by atoms with E-state index >= 15 is 0 Å². The van der Waals surface area contributed by atoms with Crippen LogP contribution in [-0.2, 0) is 0 Å². The van der Waals surface area contributed by atoms with Gasteiger partial charge in [-0.05, 0) is 26.8 Å². The van der Waals surface area contributed by atoms with Crippen LogP contribution in [0.3, 0.4) is 0 Å². The normalized spacial score (nSPS) is 11.7. The molecule has 0 aromatic carbocycles. The quantitative estimate of drug-likeness (QED) is 0.843. The van der Waals surface area contributed by atoms with E-state index in [0.717, 1.165) is 16.4 Å². The number of aromatic nitrogens is 1. The first-order valence-electron chi connectivity index (χ1n) is 4.81. The van der Waals surface area contributed by atoms with Crippen LogP contribution < -0.4 is 5.32 Å². The van der Waals surface area contributed by atoms with Crippen molar-refractivity contribution < 1.29 is 4.42 Å². The first-order valence-corrected chi connectivity index (χ1v) is 5.69. The molecule has 15 heavy (non-hydrogen) atoms. The minimum Gasteiger partial charge on any atom is -0.472 e. The second-order valence-corrected chi connectivity index (χ2v) is 5.28. The van der Waals surface area contributed by atoms with Gasteiger partial charge in [0.25, 0.3) is 0 Å². The minimum absolute atomic E-state index is 0.0471. The third kappa shape index (κ3) is 2.59. The average Bonchev–Trinajstić information content (AvgIpc) is 2.68. The Morgan fingerprint density at radius 2 is 2.20 bits per heavy atom. The van der Waals surface area contributed by atoms with E-state index in [4.69, 9.17) is 4.42 Å². The van der Waals surface area contributed by atoms with Crippen molar-refractivity contribution in [3.8, 4) is 11.3 Å². The van der Waals surface area contributed by atoms with Crippen LogP contribution >= 0.6 is 11.3 Å². The Bertz CT molecular complexity index is 426. The fraction of sp³-hybridized carbons (Fsp3) is 0.364. The fourth-order valence-corrected chi connectivity index (χ4v) is 2.12. The summed E-state index contributed by atoms with van der Waals surface area (Å²) < 4.78 is 5.02. The van der Waals surface area contributed by atoms with Gasteiger partial charge in [0.2, 0.25) is 0 Å². The molecule has 0 atom stereocenters. The van der Waals surface area contributed by atoms with Crippen LogP contribution in [-0.4, -0.2) is 10.5 Å². The molecule has 2 aromatic rings. The number of hydrogen-bond donors (Lipinski definition) is 1. The number of hydrogen-bond acceptors (Lipinski definition) is 4. The zero-order chi connectivity index (χ0) is 10.9. The van der Waals surface area contributed by atoms with E-state index in [1.807, 2.05) is 11.4 Å². The lowest BCUT2D eigenvalue weighted by molar-refractivity contribution is 0.568. The molecule has 0 aliphatic carbocycles. The molecule has 2 rings (SSSR count). The molecular formula is C11H14N2OS. The summed E-state index contributed by atoms with van der Waals surface area (Å²) in [5.74, 6) is 0.